The molecule has 0 spiro atoms. The molecule has 1 aromatic rings. The number of hydrogen-bond donors (Lipinski definition) is 1. The van der Waals surface area contributed by atoms with Gasteiger partial charge in [-0.15, -0.1) is 0 Å². The normalized spacial score (nSPS) is 11.0. The van der Waals surface area contributed by atoms with Gasteiger partial charge in [0.05, 0.1) is 6.20 Å². The van der Waals surface area contributed by atoms with Gasteiger partial charge in [-0.25, -0.2) is 0 Å². The second kappa shape index (κ2) is 4.26. The molecule has 1 heterocycles. The standard InChI is InChI=1S/C9H16N2O/c1-7(2)8-6-11-12-9(8)4-3-5-10/h6-7H,3-5,10H2,1-2H3. The Morgan fingerprint density at radius 3 is 2.92 bits per heavy atom. The summed E-state index contributed by atoms with van der Waals surface area (Å²) in [6.07, 6.45) is 3.68. The topological polar surface area (TPSA) is 52.0 Å². The van der Waals surface area contributed by atoms with Crippen molar-refractivity contribution < 1.29 is 4.52 Å². The minimum absolute atomic E-state index is 0.490. The third kappa shape index (κ3) is 2.08. The summed E-state index contributed by atoms with van der Waals surface area (Å²) in [5.74, 6) is 1.49. The van der Waals surface area contributed by atoms with E-state index in [9.17, 15) is 0 Å². The molecule has 0 bridgehead atoms. The van der Waals surface area contributed by atoms with Crippen molar-refractivity contribution in [2.75, 3.05) is 6.54 Å². The van der Waals surface area contributed by atoms with Gasteiger partial charge in [-0.05, 0) is 18.9 Å². The van der Waals surface area contributed by atoms with Crippen LogP contribution in [0, 0.1) is 0 Å². The minimum atomic E-state index is 0.490. The predicted molar refractivity (Wildman–Crippen MR) is 48.0 cm³/mol. The summed E-state index contributed by atoms with van der Waals surface area (Å²) in [6.45, 7) is 4.98. The van der Waals surface area contributed by atoms with Crippen molar-refractivity contribution in [1.82, 2.24) is 5.16 Å². The smallest absolute Gasteiger partial charge is 0.140 e. The molecule has 0 amide bonds. The average molecular weight is 168 g/mol. The lowest BCUT2D eigenvalue weighted by molar-refractivity contribution is 0.379. The van der Waals surface area contributed by atoms with Crippen LogP contribution < -0.4 is 5.73 Å². The van der Waals surface area contributed by atoms with E-state index in [1.165, 1.54) is 5.56 Å². The summed E-state index contributed by atoms with van der Waals surface area (Å²) in [4.78, 5) is 0. The maximum Gasteiger partial charge on any atom is 0.140 e. The fraction of sp³-hybridized carbons (Fsp3) is 0.667. The third-order valence-electron chi connectivity index (χ3n) is 1.91. The molecule has 0 atom stereocenters. The fourth-order valence-corrected chi connectivity index (χ4v) is 1.20. The highest BCUT2D eigenvalue weighted by molar-refractivity contribution is 5.17. The molecule has 0 aromatic carbocycles. The van der Waals surface area contributed by atoms with E-state index >= 15 is 0 Å². The molecule has 0 aliphatic rings. The zero-order valence-corrected chi connectivity index (χ0v) is 7.71. The second-order valence-corrected chi connectivity index (χ2v) is 3.25. The Hall–Kier alpha value is -0.830. The molecule has 0 saturated heterocycles. The molecular formula is C9H16N2O. The quantitative estimate of drug-likeness (QED) is 0.744. The number of nitrogens with zero attached hydrogens (tertiary/aromatic N) is 1. The molecule has 0 fully saturated rings. The Labute approximate surface area is 72.9 Å². The molecule has 3 heteroatoms. The van der Waals surface area contributed by atoms with E-state index in [2.05, 4.69) is 19.0 Å². The summed E-state index contributed by atoms with van der Waals surface area (Å²) in [5, 5.41) is 3.78. The van der Waals surface area contributed by atoms with Crippen LogP contribution in [0.3, 0.4) is 0 Å². The van der Waals surface area contributed by atoms with Crippen LogP contribution in [0.2, 0.25) is 0 Å². The first kappa shape index (κ1) is 9.26. The molecule has 12 heavy (non-hydrogen) atoms. The zero-order valence-electron chi connectivity index (χ0n) is 7.71. The van der Waals surface area contributed by atoms with Gasteiger partial charge < -0.3 is 10.3 Å². The van der Waals surface area contributed by atoms with E-state index in [0.29, 0.717) is 12.5 Å². The molecule has 68 valence electrons. The minimum Gasteiger partial charge on any atom is -0.361 e. The molecular weight excluding hydrogens is 152 g/mol. The lowest BCUT2D eigenvalue weighted by Gasteiger charge is -2.02. The van der Waals surface area contributed by atoms with Crippen LogP contribution in [0.1, 0.15) is 37.5 Å². The van der Waals surface area contributed by atoms with E-state index < -0.39 is 0 Å². The fourth-order valence-electron chi connectivity index (χ4n) is 1.20. The Morgan fingerprint density at radius 1 is 1.58 bits per heavy atom. The van der Waals surface area contributed by atoms with Crippen molar-refractivity contribution in [2.45, 2.75) is 32.6 Å². The number of aryl methyl sites for hydroxylation is 1. The lowest BCUT2D eigenvalue weighted by atomic mass is 10.0. The van der Waals surface area contributed by atoms with Gasteiger partial charge >= 0.3 is 0 Å². The predicted octanol–water partition coefficient (Wildman–Crippen LogP) is 1.69. The van der Waals surface area contributed by atoms with Gasteiger partial charge in [0, 0.05) is 12.0 Å². The molecule has 0 aliphatic heterocycles. The Kier molecular flexibility index (Phi) is 3.29. The van der Waals surface area contributed by atoms with E-state index in [4.69, 9.17) is 10.3 Å². The molecule has 0 saturated carbocycles. The van der Waals surface area contributed by atoms with E-state index in [1.807, 2.05) is 0 Å². The van der Waals surface area contributed by atoms with Gasteiger partial charge in [0.1, 0.15) is 5.76 Å². The van der Waals surface area contributed by atoms with Gasteiger partial charge in [0.15, 0.2) is 0 Å². The largest absolute Gasteiger partial charge is 0.361 e. The van der Waals surface area contributed by atoms with Gasteiger partial charge in [0.2, 0.25) is 0 Å². The number of rotatable bonds is 4. The summed E-state index contributed by atoms with van der Waals surface area (Å²) < 4.78 is 5.12. The number of hydrogen-bond acceptors (Lipinski definition) is 3. The molecule has 0 aliphatic carbocycles. The van der Waals surface area contributed by atoms with Gasteiger partial charge in [-0.3, -0.25) is 0 Å². The van der Waals surface area contributed by atoms with Crippen molar-refractivity contribution in [3.05, 3.63) is 17.5 Å². The Bertz CT molecular complexity index is 230. The average Bonchev–Trinajstić information content (AvgIpc) is 2.48. The van der Waals surface area contributed by atoms with Crippen LogP contribution >= 0.6 is 0 Å². The Balaban J connectivity index is 2.64. The lowest BCUT2D eigenvalue weighted by Crippen LogP contribution is -2.01. The van der Waals surface area contributed by atoms with Crippen molar-refractivity contribution in [3.8, 4) is 0 Å². The summed E-state index contributed by atoms with van der Waals surface area (Å²) in [7, 11) is 0. The zero-order chi connectivity index (χ0) is 8.97. The maximum atomic E-state index is 5.41. The maximum absolute atomic E-state index is 5.41. The molecule has 1 aromatic heterocycles. The first-order valence-electron chi connectivity index (χ1n) is 4.39. The van der Waals surface area contributed by atoms with E-state index in [0.717, 1.165) is 18.6 Å². The van der Waals surface area contributed by atoms with Crippen LogP contribution in [0.25, 0.3) is 0 Å². The highest BCUT2D eigenvalue weighted by Gasteiger charge is 2.10. The Morgan fingerprint density at radius 2 is 2.33 bits per heavy atom. The molecule has 2 N–H and O–H groups in total. The highest BCUT2D eigenvalue weighted by atomic mass is 16.5. The first-order valence-corrected chi connectivity index (χ1v) is 4.39. The molecule has 3 nitrogen and oxygen atoms in total. The van der Waals surface area contributed by atoms with Crippen LogP contribution in [-0.4, -0.2) is 11.7 Å². The van der Waals surface area contributed by atoms with E-state index in [-0.39, 0.29) is 0 Å². The third-order valence-corrected chi connectivity index (χ3v) is 1.91. The number of nitrogens with two attached hydrogens (primary N) is 1. The van der Waals surface area contributed by atoms with Crippen LogP contribution in [0.15, 0.2) is 10.7 Å². The number of aromatic nitrogens is 1. The van der Waals surface area contributed by atoms with Crippen LogP contribution in [0.4, 0.5) is 0 Å². The van der Waals surface area contributed by atoms with E-state index in [1.54, 1.807) is 6.20 Å². The first-order chi connectivity index (χ1) is 5.75. The van der Waals surface area contributed by atoms with Crippen molar-refractivity contribution in [3.63, 3.8) is 0 Å². The summed E-state index contributed by atoms with van der Waals surface area (Å²) in [5.41, 5.74) is 6.62. The molecule has 0 radical (unpaired) electrons. The summed E-state index contributed by atoms with van der Waals surface area (Å²) >= 11 is 0. The van der Waals surface area contributed by atoms with Crippen molar-refractivity contribution in [1.29, 1.82) is 0 Å². The van der Waals surface area contributed by atoms with Gasteiger partial charge in [-0.2, -0.15) is 0 Å². The van der Waals surface area contributed by atoms with Crippen molar-refractivity contribution >= 4 is 0 Å². The van der Waals surface area contributed by atoms with Gasteiger partial charge in [0.25, 0.3) is 0 Å². The molecule has 0 unspecified atom stereocenters. The summed E-state index contributed by atoms with van der Waals surface area (Å²) in [6, 6.07) is 0. The van der Waals surface area contributed by atoms with Crippen LogP contribution in [0.5, 0.6) is 0 Å². The monoisotopic (exact) mass is 168 g/mol. The van der Waals surface area contributed by atoms with Gasteiger partial charge in [-0.1, -0.05) is 19.0 Å². The SMILES string of the molecule is CC(C)c1cnoc1CCCN. The van der Waals surface area contributed by atoms with Crippen LogP contribution in [-0.2, 0) is 6.42 Å². The highest BCUT2D eigenvalue weighted by Crippen LogP contribution is 2.19. The molecule has 1 rings (SSSR count). The van der Waals surface area contributed by atoms with Crippen molar-refractivity contribution in [2.24, 2.45) is 5.73 Å². The second-order valence-electron chi connectivity index (χ2n) is 3.25.